The Labute approximate surface area is 105 Å². The number of benzene rings is 1. The van der Waals surface area contributed by atoms with Crippen molar-refractivity contribution in [3.8, 4) is 0 Å². The van der Waals surface area contributed by atoms with Crippen molar-refractivity contribution in [1.29, 1.82) is 0 Å². The fourth-order valence-corrected chi connectivity index (χ4v) is 1.46. The van der Waals surface area contributed by atoms with Crippen molar-refractivity contribution in [2.75, 3.05) is 5.32 Å². The van der Waals surface area contributed by atoms with E-state index < -0.39 is 11.9 Å². The van der Waals surface area contributed by atoms with E-state index in [0.29, 0.717) is 5.69 Å². The molecule has 0 saturated heterocycles. The maximum absolute atomic E-state index is 13.0. The molecule has 3 N–H and O–H groups in total. The van der Waals surface area contributed by atoms with Crippen molar-refractivity contribution >= 4 is 23.2 Å². The van der Waals surface area contributed by atoms with E-state index >= 15 is 0 Å². The second-order valence-corrected chi connectivity index (χ2v) is 5.43. The Morgan fingerprint density at radius 2 is 2.00 bits per heavy atom. The first-order chi connectivity index (χ1) is 7.70. The summed E-state index contributed by atoms with van der Waals surface area (Å²) in [5.41, 5.74) is 5.72. The molecule has 0 bridgehead atoms. The molecule has 0 fully saturated rings. The van der Waals surface area contributed by atoms with Gasteiger partial charge in [-0.1, -0.05) is 32.4 Å². The van der Waals surface area contributed by atoms with Crippen LogP contribution in [-0.4, -0.2) is 11.9 Å². The van der Waals surface area contributed by atoms with Crippen LogP contribution in [0.25, 0.3) is 0 Å². The van der Waals surface area contributed by atoms with E-state index in [4.69, 9.17) is 17.3 Å². The van der Waals surface area contributed by atoms with Gasteiger partial charge in [-0.3, -0.25) is 4.79 Å². The minimum absolute atomic E-state index is 0.227. The monoisotopic (exact) mass is 258 g/mol. The van der Waals surface area contributed by atoms with Gasteiger partial charge < -0.3 is 11.1 Å². The number of nitrogens with one attached hydrogen (secondary N) is 1. The molecule has 3 nitrogen and oxygen atoms in total. The molecule has 1 rings (SSSR count). The fourth-order valence-electron chi connectivity index (χ4n) is 1.24. The van der Waals surface area contributed by atoms with Crippen molar-refractivity contribution < 1.29 is 9.18 Å². The molecule has 0 spiro atoms. The Hall–Kier alpha value is -1.13. The summed E-state index contributed by atoms with van der Waals surface area (Å²) in [6.45, 7) is 5.57. The van der Waals surface area contributed by atoms with E-state index in [2.05, 4.69) is 5.32 Å². The molecule has 1 aromatic rings. The summed E-state index contributed by atoms with van der Waals surface area (Å²) in [6.07, 6.45) is 0. The Morgan fingerprint density at radius 3 is 2.47 bits per heavy atom. The molecule has 94 valence electrons. The molecule has 0 heterocycles. The van der Waals surface area contributed by atoms with E-state index in [1.54, 1.807) is 0 Å². The number of halogens is 2. The van der Waals surface area contributed by atoms with Crippen LogP contribution in [0.1, 0.15) is 20.8 Å². The van der Waals surface area contributed by atoms with Gasteiger partial charge >= 0.3 is 0 Å². The number of carbonyl (C=O) groups excluding carboxylic acids is 1. The summed E-state index contributed by atoms with van der Waals surface area (Å²) in [5.74, 6) is -0.865. The van der Waals surface area contributed by atoms with E-state index in [0.717, 1.165) is 0 Å². The SMILES string of the molecule is CC(C)(C)[C@@H](N)C(=O)Nc1cc(F)cc(Cl)c1. The molecular formula is C12H16ClFN2O. The first kappa shape index (κ1) is 13.9. The standard InChI is InChI=1S/C12H16ClFN2O/c1-12(2,3)10(15)11(17)16-9-5-7(13)4-8(14)6-9/h4-6,10H,15H2,1-3H3,(H,16,17)/t10-/m0/s1. The van der Waals surface area contributed by atoms with Gasteiger partial charge in [-0.25, -0.2) is 4.39 Å². The molecular weight excluding hydrogens is 243 g/mol. The molecule has 1 aromatic carbocycles. The third-order valence-corrected chi connectivity index (χ3v) is 2.56. The van der Waals surface area contributed by atoms with Crippen LogP contribution in [0.15, 0.2) is 18.2 Å². The van der Waals surface area contributed by atoms with Crippen LogP contribution < -0.4 is 11.1 Å². The molecule has 1 atom stereocenters. The van der Waals surface area contributed by atoms with Crippen LogP contribution in [0.5, 0.6) is 0 Å². The molecule has 0 saturated carbocycles. The van der Waals surface area contributed by atoms with Gasteiger partial charge in [0.05, 0.1) is 6.04 Å². The second kappa shape index (κ2) is 5.02. The maximum atomic E-state index is 13.0. The van der Waals surface area contributed by atoms with Gasteiger partial charge in [0.25, 0.3) is 0 Å². The van der Waals surface area contributed by atoms with E-state index in [-0.39, 0.29) is 16.3 Å². The van der Waals surface area contributed by atoms with Crippen LogP contribution in [0, 0.1) is 11.2 Å². The fraction of sp³-hybridized carbons (Fsp3) is 0.417. The van der Waals surface area contributed by atoms with E-state index in [1.165, 1.54) is 18.2 Å². The normalized spacial score (nSPS) is 13.3. The first-order valence-electron chi connectivity index (χ1n) is 5.22. The third-order valence-electron chi connectivity index (χ3n) is 2.35. The summed E-state index contributed by atoms with van der Waals surface area (Å²) < 4.78 is 13.0. The number of hydrogen-bond acceptors (Lipinski definition) is 2. The third kappa shape index (κ3) is 3.98. The van der Waals surface area contributed by atoms with Crippen LogP contribution in [0.3, 0.4) is 0 Å². The lowest BCUT2D eigenvalue weighted by Gasteiger charge is -2.25. The Bertz CT molecular complexity index is 409. The topological polar surface area (TPSA) is 55.1 Å². The van der Waals surface area contributed by atoms with Crippen molar-refractivity contribution in [2.45, 2.75) is 26.8 Å². The number of anilines is 1. The van der Waals surface area contributed by atoms with Gasteiger partial charge in [0.1, 0.15) is 5.82 Å². The van der Waals surface area contributed by atoms with Crippen LogP contribution >= 0.6 is 11.6 Å². The zero-order chi connectivity index (χ0) is 13.2. The molecule has 0 aliphatic heterocycles. The van der Waals surface area contributed by atoms with Crippen molar-refractivity contribution in [1.82, 2.24) is 0 Å². The smallest absolute Gasteiger partial charge is 0.241 e. The molecule has 0 aromatic heterocycles. The quantitative estimate of drug-likeness (QED) is 0.857. The molecule has 1 amide bonds. The minimum Gasteiger partial charge on any atom is -0.325 e. The highest BCUT2D eigenvalue weighted by Gasteiger charge is 2.27. The highest BCUT2D eigenvalue weighted by Crippen LogP contribution is 2.21. The zero-order valence-corrected chi connectivity index (χ0v) is 10.8. The van der Waals surface area contributed by atoms with Crippen molar-refractivity contribution in [3.05, 3.63) is 29.0 Å². The Morgan fingerprint density at radius 1 is 1.41 bits per heavy atom. The average Bonchev–Trinajstić information content (AvgIpc) is 2.13. The number of hydrogen-bond donors (Lipinski definition) is 2. The number of amides is 1. The van der Waals surface area contributed by atoms with E-state index in [9.17, 15) is 9.18 Å². The lowest BCUT2D eigenvalue weighted by atomic mass is 9.87. The first-order valence-corrected chi connectivity index (χ1v) is 5.60. The molecule has 17 heavy (non-hydrogen) atoms. The predicted molar refractivity (Wildman–Crippen MR) is 67.5 cm³/mol. The molecule has 0 aliphatic rings. The maximum Gasteiger partial charge on any atom is 0.241 e. The van der Waals surface area contributed by atoms with E-state index in [1.807, 2.05) is 20.8 Å². The van der Waals surface area contributed by atoms with Crippen molar-refractivity contribution in [3.63, 3.8) is 0 Å². The lowest BCUT2D eigenvalue weighted by Crippen LogP contribution is -2.45. The highest BCUT2D eigenvalue weighted by atomic mass is 35.5. The Balaban J connectivity index is 2.81. The van der Waals surface area contributed by atoms with Crippen molar-refractivity contribution in [2.24, 2.45) is 11.1 Å². The predicted octanol–water partition coefficient (Wildman–Crippen LogP) is 2.79. The zero-order valence-electron chi connectivity index (χ0n) is 10.1. The average molecular weight is 259 g/mol. The molecule has 0 radical (unpaired) electrons. The highest BCUT2D eigenvalue weighted by molar-refractivity contribution is 6.30. The molecule has 0 aliphatic carbocycles. The lowest BCUT2D eigenvalue weighted by molar-refractivity contribution is -0.119. The van der Waals surface area contributed by atoms with Gasteiger partial charge in [-0.15, -0.1) is 0 Å². The summed E-state index contributed by atoms with van der Waals surface area (Å²) >= 11 is 5.68. The van der Waals surface area contributed by atoms with Gasteiger partial charge in [0, 0.05) is 10.7 Å². The minimum atomic E-state index is -0.676. The van der Waals surface area contributed by atoms with Crippen LogP contribution in [0.4, 0.5) is 10.1 Å². The molecule has 5 heteroatoms. The van der Waals surface area contributed by atoms with Gasteiger partial charge in [0.15, 0.2) is 0 Å². The Kier molecular flexibility index (Phi) is 4.11. The summed E-state index contributed by atoms with van der Waals surface area (Å²) in [4.78, 5) is 11.8. The number of rotatable bonds is 2. The summed E-state index contributed by atoms with van der Waals surface area (Å²) in [7, 11) is 0. The number of nitrogens with two attached hydrogens (primary N) is 1. The summed E-state index contributed by atoms with van der Waals surface area (Å²) in [5, 5.41) is 2.77. The van der Waals surface area contributed by atoms with Gasteiger partial charge in [0.2, 0.25) is 5.91 Å². The summed E-state index contributed by atoms with van der Waals surface area (Å²) in [6, 6.07) is 3.15. The number of carbonyl (C=O) groups is 1. The van der Waals surface area contributed by atoms with Crippen LogP contribution in [0.2, 0.25) is 5.02 Å². The van der Waals surface area contributed by atoms with Gasteiger partial charge in [-0.05, 0) is 23.6 Å². The second-order valence-electron chi connectivity index (χ2n) is 4.99. The molecule has 0 unspecified atom stereocenters. The van der Waals surface area contributed by atoms with Gasteiger partial charge in [-0.2, -0.15) is 0 Å². The largest absolute Gasteiger partial charge is 0.325 e. The van der Waals surface area contributed by atoms with Crippen LogP contribution in [-0.2, 0) is 4.79 Å².